The molecule has 0 aliphatic carbocycles. The Kier molecular flexibility index (Phi) is 6.80. The highest BCUT2D eigenvalue weighted by Crippen LogP contribution is 2.22. The lowest BCUT2D eigenvalue weighted by Crippen LogP contribution is -2.47. The predicted molar refractivity (Wildman–Crippen MR) is 101 cm³/mol. The van der Waals surface area contributed by atoms with Crippen molar-refractivity contribution in [3.05, 3.63) is 29.8 Å². The topological polar surface area (TPSA) is 91.0 Å². The number of nitrogens with zero attached hydrogens (tertiary/aromatic N) is 3. The molecule has 0 unspecified atom stereocenters. The van der Waals surface area contributed by atoms with Crippen molar-refractivity contribution in [2.75, 3.05) is 39.8 Å². The van der Waals surface area contributed by atoms with Crippen LogP contribution in [0, 0.1) is 5.92 Å². The van der Waals surface area contributed by atoms with Crippen molar-refractivity contribution >= 4 is 16.0 Å². The van der Waals surface area contributed by atoms with Gasteiger partial charge in [0, 0.05) is 32.7 Å². The van der Waals surface area contributed by atoms with Crippen LogP contribution in [0.3, 0.4) is 0 Å². The van der Waals surface area contributed by atoms with E-state index in [-0.39, 0.29) is 6.54 Å². The van der Waals surface area contributed by atoms with E-state index >= 15 is 0 Å². The zero-order chi connectivity index (χ0) is 18.4. The molecule has 0 aromatic heterocycles. The Balaban J connectivity index is 2.15. The Morgan fingerprint density at radius 1 is 1.24 bits per heavy atom. The fourth-order valence-electron chi connectivity index (χ4n) is 2.59. The van der Waals surface area contributed by atoms with Crippen molar-refractivity contribution in [2.45, 2.75) is 25.3 Å². The lowest BCUT2D eigenvalue weighted by Gasteiger charge is -2.32. The Hall–Kier alpha value is -1.64. The molecule has 1 saturated heterocycles. The molecule has 0 saturated carbocycles. The SMILES string of the molecule is CC(C)CNC(N)=NCc1ccccc1S(=O)(=O)N1CCN(C)CC1. The third kappa shape index (κ3) is 5.42. The van der Waals surface area contributed by atoms with Crippen LogP contribution in [0.1, 0.15) is 19.4 Å². The molecule has 1 heterocycles. The average molecular weight is 368 g/mol. The van der Waals surface area contributed by atoms with Gasteiger partial charge in [-0.3, -0.25) is 0 Å². The van der Waals surface area contributed by atoms with Gasteiger partial charge in [-0.05, 0) is 24.6 Å². The first-order valence-electron chi connectivity index (χ1n) is 8.61. The predicted octanol–water partition coefficient (Wildman–Crippen LogP) is 0.683. The Bertz CT molecular complexity index is 695. The number of hydrogen-bond donors (Lipinski definition) is 2. The molecule has 0 radical (unpaired) electrons. The minimum absolute atomic E-state index is 0.236. The summed E-state index contributed by atoms with van der Waals surface area (Å²) < 4.78 is 27.5. The summed E-state index contributed by atoms with van der Waals surface area (Å²) in [6, 6.07) is 7.01. The molecule has 0 amide bonds. The van der Waals surface area contributed by atoms with Crippen LogP contribution in [0.25, 0.3) is 0 Å². The first-order valence-corrected chi connectivity index (χ1v) is 10.0. The van der Waals surface area contributed by atoms with Crippen molar-refractivity contribution in [1.29, 1.82) is 0 Å². The fourth-order valence-corrected chi connectivity index (χ4v) is 4.23. The van der Waals surface area contributed by atoms with Crippen molar-refractivity contribution < 1.29 is 8.42 Å². The van der Waals surface area contributed by atoms with Gasteiger partial charge in [-0.2, -0.15) is 4.31 Å². The van der Waals surface area contributed by atoms with Crippen LogP contribution in [0.4, 0.5) is 0 Å². The molecule has 1 fully saturated rings. The highest BCUT2D eigenvalue weighted by atomic mass is 32.2. The van der Waals surface area contributed by atoms with E-state index in [1.54, 1.807) is 22.5 Å². The molecule has 1 aliphatic heterocycles. The average Bonchev–Trinajstić information content (AvgIpc) is 2.58. The molecule has 1 aromatic rings. The molecule has 2 rings (SSSR count). The van der Waals surface area contributed by atoms with Crippen LogP contribution in [-0.2, 0) is 16.6 Å². The third-order valence-electron chi connectivity index (χ3n) is 4.16. The Morgan fingerprint density at radius 2 is 1.88 bits per heavy atom. The number of likely N-dealkylation sites (N-methyl/N-ethyl adjacent to an activating group) is 1. The quantitative estimate of drug-likeness (QED) is 0.570. The van der Waals surface area contributed by atoms with E-state index in [4.69, 9.17) is 5.73 Å². The number of nitrogens with two attached hydrogens (primary N) is 1. The molecular weight excluding hydrogens is 338 g/mol. The minimum Gasteiger partial charge on any atom is -0.370 e. The van der Waals surface area contributed by atoms with Crippen LogP contribution in [0.5, 0.6) is 0 Å². The number of guanidine groups is 1. The number of hydrogen-bond acceptors (Lipinski definition) is 4. The van der Waals surface area contributed by atoms with E-state index in [1.165, 1.54) is 0 Å². The highest BCUT2D eigenvalue weighted by Gasteiger charge is 2.29. The van der Waals surface area contributed by atoms with E-state index in [1.807, 2.05) is 13.1 Å². The molecule has 8 heteroatoms. The molecular formula is C17H29N5O2S. The van der Waals surface area contributed by atoms with Crippen LogP contribution < -0.4 is 11.1 Å². The zero-order valence-corrected chi connectivity index (χ0v) is 16.1. The molecule has 1 aliphatic rings. The van der Waals surface area contributed by atoms with E-state index in [2.05, 4.69) is 29.1 Å². The Morgan fingerprint density at radius 3 is 2.52 bits per heavy atom. The zero-order valence-electron chi connectivity index (χ0n) is 15.3. The maximum atomic E-state index is 13.0. The van der Waals surface area contributed by atoms with Gasteiger partial charge in [0.25, 0.3) is 0 Å². The number of sulfonamides is 1. The summed E-state index contributed by atoms with van der Waals surface area (Å²) in [4.78, 5) is 6.74. The van der Waals surface area contributed by atoms with Gasteiger partial charge in [-0.25, -0.2) is 13.4 Å². The third-order valence-corrected chi connectivity index (χ3v) is 6.16. The minimum atomic E-state index is -3.51. The van der Waals surface area contributed by atoms with Crippen LogP contribution in [0.2, 0.25) is 0 Å². The first-order chi connectivity index (χ1) is 11.8. The van der Waals surface area contributed by atoms with Crippen LogP contribution in [-0.4, -0.2) is 63.4 Å². The maximum absolute atomic E-state index is 13.0. The number of nitrogens with one attached hydrogen (secondary N) is 1. The second kappa shape index (κ2) is 8.64. The smallest absolute Gasteiger partial charge is 0.243 e. The summed E-state index contributed by atoms with van der Waals surface area (Å²) in [5, 5.41) is 3.04. The van der Waals surface area contributed by atoms with Crippen molar-refractivity contribution in [2.24, 2.45) is 16.6 Å². The van der Waals surface area contributed by atoms with E-state index in [0.29, 0.717) is 35.4 Å². The van der Waals surface area contributed by atoms with Crippen molar-refractivity contribution in [3.63, 3.8) is 0 Å². The standard InChI is InChI=1S/C17H29N5O2S/c1-14(2)12-19-17(18)20-13-15-6-4-5-7-16(15)25(23,24)22-10-8-21(3)9-11-22/h4-7,14H,8-13H2,1-3H3,(H3,18,19,20). The monoisotopic (exact) mass is 367 g/mol. The highest BCUT2D eigenvalue weighted by molar-refractivity contribution is 7.89. The van der Waals surface area contributed by atoms with Crippen LogP contribution in [0.15, 0.2) is 34.2 Å². The summed E-state index contributed by atoms with van der Waals surface area (Å²) >= 11 is 0. The summed E-state index contributed by atoms with van der Waals surface area (Å²) in [5.41, 5.74) is 6.52. The molecule has 0 spiro atoms. The van der Waals surface area contributed by atoms with Crippen molar-refractivity contribution in [3.8, 4) is 0 Å². The summed E-state index contributed by atoms with van der Waals surface area (Å²) in [6.45, 7) is 7.63. The van der Waals surface area contributed by atoms with Gasteiger partial charge < -0.3 is 16.0 Å². The summed E-state index contributed by atoms with van der Waals surface area (Å²) in [7, 11) is -1.51. The van der Waals surface area contributed by atoms with Gasteiger partial charge in [0.2, 0.25) is 10.0 Å². The number of piperazine rings is 1. The summed E-state index contributed by atoms with van der Waals surface area (Å²) in [5.74, 6) is 0.791. The number of rotatable bonds is 6. The largest absolute Gasteiger partial charge is 0.370 e. The van der Waals surface area contributed by atoms with E-state index in [9.17, 15) is 8.42 Å². The molecule has 1 aromatic carbocycles. The first kappa shape index (κ1) is 19.7. The molecule has 25 heavy (non-hydrogen) atoms. The lowest BCUT2D eigenvalue weighted by atomic mass is 10.2. The van der Waals surface area contributed by atoms with Gasteiger partial charge in [0.15, 0.2) is 5.96 Å². The fraction of sp³-hybridized carbons (Fsp3) is 0.588. The number of benzene rings is 1. The van der Waals surface area contributed by atoms with Gasteiger partial charge >= 0.3 is 0 Å². The second-order valence-corrected chi connectivity index (χ2v) is 8.70. The maximum Gasteiger partial charge on any atom is 0.243 e. The molecule has 3 N–H and O–H groups in total. The van der Waals surface area contributed by atoms with Crippen molar-refractivity contribution in [1.82, 2.24) is 14.5 Å². The van der Waals surface area contributed by atoms with E-state index in [0.717, 1.165) is 19.6 Å². The molecule has 0 bridgehead atoms. The van der Waals surface area contributed by atoms with Gasteiger partial charge in [0.1, 0.15) is 0 Å². The molecule has 140 valence electrons. The lowest BCUT2D eigenvalue weighted by molar-refractivity contribution is 0.222. The van der Waals surface area contributed by atoms with Gasteiger partial charge in [0.05, 0.1) is 11.4 Å². The molecule has 0 atom stereocenters. The normalized spacial score (nSPS) is 17.8. The Labute approximate surface area is 151 Å². The summed E-state index contributed by atoms with van der Waals surface area (Å²) in [6.07, 6.45) is 0. The van der Waals surface area contributed by atoms with Crippen LogP contribution >= 0.6 is 0 Å². The van der Waals surface area contributed by atoms with Gasteiger partial charge in [-0.1, -0.05) is 32.0 Å². The van der Waals surface area contributed by atoms with Gasteiger partial charge in [-0.15, -0.1) is 0 Å². The van der Waals surface area contributed by atoms with E-state index < -0.39 is 10.0 Å². The second-order valence-electron chi connectivity index (χ2n) is 6.79. The number of aliphatic imine (C=N–C) groups is 1. The molecule has 7 nitrogen and oxygen atoms in total.